The Labute approximate surface area is 134 Å². The van der Waals surface area contributed by atoms with Crippen molar-refractivity contribution in [2.24, 2.45) is 0 Å². The van der Waals surface area contributed by atoms with Gasteiger partial charge >= 0.3 is 5.97 Å². The number of amides is 1. The van der Waals surface area contributed by atoms with E-state index in [1.54, 1.807) is 12.3 Å². The Kier molecular flexibility index (Phi) is 4.10. The number of hydrogen-bond acceptors (Lipinski definition) is 3. The van der Waals surface area contributed by atoms with Crippen molar-refractivity contribution < 1.29 is 14.7 Å². The van der Waals surface area contributed by atoms with Gasteiger partial charge in [0.2, 0.25) is 0 Å². The lowest BCUT2D eigenvalue weighted by Crippen LogP contribution is -2.37. The molecule has 1 heterocycles. The van der Waals surface area contributed by atoms with Crippen LogP contribution < -0.4 is 0 Å². The van der Waals surface area contributed by atoms with Crippen LogP contribution in [0.5, 0.6) is 0 Å². The largest absolute Gasteiger partial charge is 0.480 e. The number of aryl methyl sites for hydroxylation is 1. The molecular formula is C18H18N2O3. The third-order valence-corrected chi connectivity index (χ3v) is 3.89. The number of aliphatic carboxylic acids is 1. The number of pyridine rings is 1. The third-order valence-electron chi connectivity index (χ3n) is 3.89. The van der Waals surface area contributed by atoms with Crippen molar-refractivity contribution >= 4 is 11.9 Å². The molecule has 2 aromatic rings. The molecule has 118 valence electrons. The van der Waals surface area contributed by atoms with Crippen LogP contribution in [0.1, 0.15) is 28.8 Å². The van der Waals surface area contributed by atoms with Crippen LogP contribution in [-0.4, -0.2) is 39.5 Å². The summed E-state index contributed by atoms with van der Waals surface area (Å²) in [5.74, 6) is -1.26. The molecule has 1 aliphatic carbocycles. The molecule has 23 heavy (non-hydrogen) atoms. The van der Waals surface area contributed by atoms with E-state index in [9.17, 15) is 9.59 Å². The van der Waals surface area contributed by atoms with Crippen LogP contribution in [-0.2, 0) is 4.79 Å². The zero-order chi connectivity index (χ0) is 16.4. The van der Waals surface area contributed by atoms with Gasteiger partial charge in [0.25, 0.3) is 5.91 Å². The fraction of sp³-hybridized carbons (Fsp3) is 0.278. The molecular weight excluding hydrogens is 292 g/mol. The van der Waals surface area contributed by atoms with Gasteiger partial charge in [-0.3, -0.25) is 14.6 Å². The number of rotatable bonds is 5. The molecule has 5 nitrogen and oxygen atoms in total. The molecule has 1 saturated carbocycles. The molecule has 5 heteroatoms. The molecule has 0 unspecified atom stereocenters. The molecule has 0 aliphatic heterocycles. The highest BCUT2D eigenvalue weighted by molar-refractivity contribution is 5.97. The topological polar surface area (TPSA) is 70.5 Å². The number of benzene rings is 1. The van der Waals surface area contributed by atoms with Gasteiger partial charge in [0.05, 0.1) is 5.56 Å². The van der Waals surface area contributed by atoms with E-state index < -0.39 is 5.97 Å². The van der Waals surface area contributed by atoms with E-state index >= 15 is 0 Å². The number of aromatic nitrogens is 1. The fourth-order valence-corrected chi connectivity index (χ4v) is 2.60. The normalized spacial score (nSPS) is 13.6. The van der Waals surface area contributed by atoms with Gasteiger partial charge in [-0.15, -0.1) is 0 Å². The van der Waals surface area contributed by atoms with Gasteiger partial charge in [-0.2, -0.15) is 0 Å². The average molecular weight is 310 g/mol. The second-order valence-electron chi connectivity index (χ2n) is 5.89. The second kappa shape index (κ2) is 6.20. The predicted molar refractivity (Wildman–Crippen MR) is 86.1 cm³/mol. The van der Waals surface area contributed by atoms with E-state index in [2.05, 4.69) is 4.98 Å². The van der Waals surface area contributed by atoms with Crippen molar-refractivity contribution in [1.82, 2.24) is 9.88 Å². The van der Waals surface area contributed by atoms with Gasteiger partial charge < -0.3 is 10.0 Å². The molecule has 1 N–H and O–H groups in total. The Morgan fingerprint density at radius 2 is 2.00 bits per heavy atom. The van der Waals surface area contributed by atoms with Crippen molar-refractivity contribution in [2.75, 3.05) is 6.54 Å². The van der Waals surface area contributed by atoms with Crippen molar-refractivity contribution in [3.63, 3.8) is 0 Å². The molecule has 1 fully saturated rings. The van der Waals surface area contributed by atoms with Crippen molar-refractivity contribution in [3.8, 4) is 11.1 Å². The molecule has 0 radical (unpaired) electrons. The number of carbonyl (C=O) groups excluding carboxylic acids is 1. The van der Waals surface area contributed by atoms with Crippen molar-refractivity contribution in [2.45, 2.75) is 25.8 Å². The maximum atomic E-state index is 12.6. The summed E-state index contributed by atoms with van der Waals surface area (Å²) in [6, 6.07) is 9.78. The van der Waals surface area contributed by atoms with Crippen LogP contribution in [0.3, 0.4) is 0 Å². The lowest BCUT2D eigenvalue weighted by molar-refractivity contribution is -0.137. The smallest absolute Gasteiger partial charge is 0.323 e. The maximum Gasteiger partial charge on any atom is 0.323 e. The zero-order valence-electron chi connectivity index (χ0n) is 12.9. The summed E-state index contributed by atoms with van der Waals surface area (Å²) >= 11 is 0. The van der Waals surface area contributed by atoms with Crippen molar-refractivity contribution in [3.05, 3.63) is 53.9 Å². The summed E-state index contributed by atoms with van der Waals surface area (Å²) in [4.78, 5) is 29.2. The number of nitrogens with zero attached hydrogens (tertiary/aromatic N) is 2. The van der Waals surface area contributed by atoms with E-state index in [0.717, 1.165) is 29.5 Å². The highest BCUT2D eigenvalue weighted by atomic mass is 16.4. The van der Waals surface area contributed by atoms with Gasteiger partial charge in [0.15, 0.2) is 0 Å². The van der Waals surface area contributed by atoms with Crippen LogP contribution in [0.2, 0.25) is 0 Å². The first kappa shape index (κ1) is 15.2. The van der Waals surface area contributed by atoms with Gasteiger partial charge in [-0.1, -0.05) is 29.8 Å². The van der Waals surface area contributed by atoms with Crippen LogP contribution >= 0.6 is 0 Å². The van der Waals surface area contributed by atoms with Crippen LogP contribution in [0.4, 0.5) is 0 Å². The molecule has 1 aromatic heterocycles. The minimum absolute atomic E-state index is 0.0428. The zero-order valence-corrected chi connectivity index (χ0v) is 12.9. The number of hydrogen-bond donors (Lipinski definition) is 1. The highest BCUT2D eigenvalue weighted by Crippen LogP contribution is 2.29. The second-order valence-corrected chi connectivity index (χ2v) is 5.89. The Hall–Kier alpha value is -2.69. The monoisotopic (exact) mass is 310 g/mol. The Bertz CT molecular complexity index is 753. The summed E-state index contributed by atoms with van der Waals surface area (Å²) in [5, 5.41) is 9.01. The lowest BCUT2D eigenvalue weighted by atomic mass is 10.0. The third kappa shape index (κ3) is 3.56. The predicted octanol–water partition coefficient (Wildman–Crippen LogP) is 2.75. The molecule has 1 aromatic carbocycles. The Balaban J connectivity index is 1.89. The molecule has 0 atom stereocenters. The average Bonchev–Trinajstić information content (AvgIpc) is 3.37. The minimum atomic E-state index is -0.993. The van der Waals surface area contributed by atoms with Crippen molar-refractivity contribution in [1.29, 1.82) is 0 Å². The summed E-state index contributed by atoms with van der Waals surface area (Å²) in [7, 11) is 0. The standard InChI is InChI=1S/C18H18N2O3/c1-12-3-2-4-13(7-12)14-8-15(10-19-9-14)18(23)20(11-17(21)22)16-5-6-16/h2-4,7-10,16H,5-6,11H2,1H3,(H,21,22). The Morgan fingerprint density at radius 3 is 2.65 bits per heavy atom. The summed E-state index contributed by atoms with van der Waals surface area (Å²) in [5.41, 5.74) is 3.40. The SMILES string of the molecule is Cc1cccc(-c2cncc(C(=O)N(CC(=O)O)C3CC3)c2)c1. The summed E-state index contributed by atoms with van der Waals surface area (Å²) < 4.78 is 0. The quantitative estimate of drug-likeness (QED) is 0.922. The number of carboxylic acid groups (broad SMARTS) is 1. The highest BCUT2D eigenvalue weighted by Gasteiger charge is 2.34. The molecule has 0 saturated heterocycles. The van der Waals surface area contributed by atoms with E-state index in [0.29, 0.717) is 5.56 Å². The first-order valence-electron chi connectivity index (χ1n) is 7.59. The fourth-order valence-electron chi connectivity index (χ4n) is 2.60. The molecule has 1 amide bonds. The Morgan fingerprint density at radius 1 is 1.22 bits per heavy atom. The molecule has 3 rings (SSSR count). The summed E-state index contributed by atoms with van der Waals surface area (Å²) in [6.45, 7) is 1.74. The first-order valence-corrected chi connectivity index (χ1v) is 7.59. The van der Waals surface area contributed by atoms with Crippen LogP contribution in [0.15, 0.2) is 42.7 Å². The first-order chi connectivity index (χ1) is 11.0. The summed E-state index contributed by atoms with van der Waals surface area (Å²) in [6.07, 6.45) is 4.94. The number of carboxylic acids is 1. The number of carbonyl (C=O) groups is 2. The maximum absolute atomic E-state index is 12.6. The molecule has 0 spiro atoms. The van der Waals surface area contributed by atoms with Crippen LogP contribution in [0.25, 0.3) is 11.1 Å². The van der Waals surface area contributed by atoms with E-state index in [1.807, 2.05) is 31.2 Å². The van der Waals surface area contributed by atoms with E-state index in [-0.39, 0.29) is 18.5 Å². The lowest BCUT2D eigenvalue weighted by Gasteiger charge is -2.20. The van der Waals surface area contributed by atoms with Gasteiger partial charge in [-0.25, -0.2) is 0 Å². The van der Waals surface area contributed by atoms with Gasteiger partial charge in [0, 0.05) is 24.0 Å². The van der Waals surface area contributed by atoms with E-state index in [1.165, 1.54) is 11.1 Å². The molecule has 0 bridgehead atoms. The molecule has 1 aliphatic rings. The van der Waals surface area contributed by atoms with Crippen LogP contribution in [0, 0.1) is 6.92 Å². The van der Waals surface area contributed by atoms with Gasteiger partial charge in [0.1, 0.15) is 6.54 Å². The van der Waals surface area contributed by atoms with Gasteiger partial charge in [-0.05, 0) is 31.4 Å². The van der Waals surface area contributed by atoms with E-state index in [4.69, 9.17) is 5.11 Å². The minimum Gasteiger partial charge on any atom is -0.480 e.